The second-order valence-corrected chi connectivity index (χ2v) is 4.50. The molecular weight excluding hydrogens is 174 g/mol. The van der Waals surface area contributed by atoms with Crippen LogP contribution in [0.3, 0.4) is 0 Å². The zero-order valence-electron chi connectivity index (χ0n) is 9.72. The molecule has 14 heavy (non-hydrogen) atoms. The maximum atomic E-state index is 5.21. The summed E-state index contributed by atoms with van der Waals surface area (Å²) in [4.78, 5) is 0. The zero-order chi connectivity index (χ0) is 10.2. The van der Waals surface area contributed by atoms with E-state index in [9.17, 15) is 0 Å². The molecule has 0 bridgehead atoms. The van der Waals surface area contributed by atoms with Crippen LogP contribution in [0.1, 0.15) is 45.4 Å². The number of ether oxygens (including phenoxy) is 1. The van der Waals surface area contributed by atoms with Gasteiger partial charge in [0.25, 0.3) is 0 Å². The van der Waals surface area contributed by atoms with Crippen LogP contribution in [0.15, 0.2) is 0 Å². The van der Waals surface area contributed by atoms with Gasteiger partial charge in [-0.2, -0.15) is 0 Å². The Kier molecular flexibility index (Phi) is 6.20. The summed E-state index contributed by atoms with van der Waals surface area (Å²) in [6.45, 7) is 4.30. The average Bonchev–Trinajstić information content (AvgIpc) is 2.67. The Morgan fingerprint density at radius 3 is 2.64 bits per heavy atom. The van der Waals surface area contributed by atoms with Gasteiger partial charge in [-0.25, -0.2) is 0 Å². The quantitative estimate of drug-likeness (QED) is 0.680. The van der Waals surface area contributed by atoms with Crippen molar-refractivity contribution in [2.75, 3.05) is 20.3 Å². The molecule has 1 aliphatic rings. The highest BCUT2D eigenvalue weighted by Crippen LogP contribution is 2.23. The van der Waals surface area contributed by atoms with Crippen LogP contribution < -0.4 is 5.32 Å². The number of methoxy groups -OCH3 is 1. The predicted octanol–water partition coefficient (Wildman–Crippen LogP) is 2.58. The van der Waals surface area contributed by atoms with Crippen LogP contribution in [0.25, 0.3) is 0 Å². The van der Waals surface area contributed by atoms with E-state index >= 15 is 0 Å². The Hall–Kier alpha value is -0.0800. The largest absolute Gasteiger partial charge is 0.383 e. The van der Waals surface area contributed by atoms with Gasteiger partial charge in [-0.1, -0.05) is 26.2 Å². The topological polar surface area (TPSA) is 21.3 Å². The summed E-state index contributed by atoms with van der Waals surface area (Å²) < 4.78 is 5.21. The van der Waals surface area contributed by atoms with Crippen LogP contribution in [0.2, 0.25) is 0 Å². The molecule has 2 nitrogen and oxygen atoms in total. The van der Waals surface area contributed by atoms with Crippen LogP contribution in [-0.4, -0.2) is 26.3 Å². The van der Waals surface area contributed by atoms with Crippen LogP contribution in [-0.2, 0) is 4.74 Å². The van der Waals surface area contributed by atoms with Crippen LogP contribution in [0, 0.1) is 5.92 Å². The normalized spacial score (nSPS) is 20.1. The second-order valence-electron chi connectivity index (χ2n) is 4.50. The third-order valence-corrected chi connectivity index (χ3v) is 3.17. The maximum Gasteiger partial charge on any atom is 0.0615 e. The van der Waals surface area contributed by atoms with E-state index in [2.05, 4.69) is 12.2 Å². The molecule has 0 aromatic heterocycles. The first kappa shape index (κ1) is 12.0. The Morgan fingerprint density at radius 1 is 1.36 bits per heavy atom. The van der Waals surface area contributed by atoms with Gasteiger partial charge in [0.2, 0.25) is 0 Å². The van der Waals surface area contributed by atoms with E-state index in [-0.39, 0.29) is 0 Å². The van der Waals surface area contributed by atoms with Crippen molar-refractivity contribution in [2.45, 2.75) is 51.5 Å². The summed E-state index contributed by atoms with van der Waals surface area (Å²) in [6.07, 6.45) is 8.22. The monoisotopic (exact) mass is 199 g/mol. The fourth-order valence-corrected chi connectivity index (χ4v) is 2.34. The summed E-state index contributed by atoms with van der Waals surface area (Å²) in [5.41, 5.74) is 0. The molecule has 1 N–H and O–H groups in total. The number of rotatable bonds is 7. The van der Waals surface area contributed by atoms with Crippen LogP contribution in [0.4, 0.5) is 0 Å². The minimum atomic E-state index is 0.575. The zero-order valence-corrected chi connectivity index (χ0v) is 9.72. The first-order valence-electron chi connectivity index (χ1n) is 6.09. The van der Waals surface area contributed by atoms with E-state index in [0.29, 0.717) is 6.04 Å². The molecule has 0 amide bonds. The molecule has 0 aromatic rings. The molecular formula is C12H25NO. The Bertz CT molecular complexity index is 126. The predicted molar refractivity (Wildman–Crippen MR) is 60.5 cm³/mol. The average molecular weight is 199 g/mol. The van der Waals surface area contributed by atoms with E-state index < -0.39 is 0 Å². The molecule has 0 saturated heterocycles. The third kappa shape index (κ3) is 4.43. The van der Waals surface area contributed by atoms with Gasteiger partial charge in [-0.3, -0.25) is 0 Å². The Morgan fingerprint density at radius 2 is 2.07 bits per heavy atom. The molecule has 2 heteroatoms. The lowest BCUT2D eigenvalue weighted by atomic mass is 10.1. The molecule has 1 fully saturated rings. The van der Waals surface area contributed by atoms with Gasteiger partial charge in [0.1, 0.15) is 0 Å². The molecule has 0 radical (unpaired) electrons. The van der Waals surface area contributed by atoms with E-state index in [1.165, 1.54) is 45.1 Å². The van der Waals surface area contributed by atoms with Crippen molar-refractivity contribution >= 4 is 0 Å². The van der Waals surface area contributed by atoms with Crippen LogP contribution >= 0.6 is 0 Å². The second kappa shape index (κ2) is 7.24. The van der Waals surface area contributed by atoms with E-state index in [4.69, 9.17) is 4.74 Å². The fourth-order valence-electron chi connectivity index (χ4n) is 2.34. The molecule has 1 rings (SSSR count). The molecule has 0 aromatic carbocycles. The van der Waals surface area contributed by atoms with E-state index in [1.807, 2.05) is 0 Å². The number of hydrogen-bond donors (Lipinski definition) is 1. The van der Waals surface area contributed by atoms with Crippen molar-refractivity contribution in [3.8, 4) is 0 Å². The lowest BCUT2D eigenvalue weighted by Crippen LogP contribution is -2.36. The summed E-state index contributed by atoms with van der Waals surface area (Å²) in [5, 5.41) is 3.64. The molecule has 1 unspecified atom stereocenters. The first-order chi connectivity index (χ1) is 6.86. The molecule has 0 spiro atoms. The Balaban J connectivity index is 2.10. The SMILES string of the molecule is CCCC(COC)NCC1CCCC1. The summed E-state index contributed by atoms with van der Waals surface area (Å²) in [5.74, 6) is 0.936. The molecule has 1 atom stereocenters. The van der Waals surface area contributed by atoms with Gasteiger partial charge in [-0.15, -0.1) is 0 Å². The lowest BCUT2D eigenvalue weighted by molar-refractivity contribution is 0.159. The van der Waals surface area contributed by atoms with Crippen molar-refractivity contribution in [3.63, 3.8) is 0 Å². The highest BCUT2D eigenvalue weighted by molar-refractivity contribution is 4.73. The van der Waals surface area contributed by atoms with Crippen molar-refractivity contribution in [1.29, 1.82) is 0 Å². The minimum absolute atomic E-state index is 0.575. The minimum Gasteiger partial charge on any atom is -0.383 e. The van der Waals surface area contributed by atoms with Crippen molar-refractivity contribution in [3.05, 3.63) is 0 Å². The van der Waals surface area contributed by atoms with Gasteiger partial charge >= 0.3 is 0 Å². The number of nitrogens with one attached hydrogen (secondary N) is 1. The summed E-state index contributed by atoms with van der Waals surface area (Å²) >= 11 is 0. The van der Waals surface area contributed by atoms with Gasteiger partial charge in [0, 0.05) is 13.2 Å². The van der Waals surface area contributed by atoms with Crippen molar-refractivity contribution < 1.29 is 4.74 Å². The first-order valence-corrected chi connectivity index (χ1v) is 6.09. The van der Waals surface area contributed by atoms with Gasteiger partial charge in [0.05, 0.1) is 6.61 Å². The van der Waals surface area contributed by atoms with Gasteiger partial charge < -0.3 is 10.1 Å². The summed E-state index contributed by atoms with van der Waals surface area (Å²) in [6, 6.07) is 0.575. The van der Waals surface area contributed by atoms with E-state index in [1.54, 1.807) is 7.11 Å². The van der Waals surface area contributed by atoms with Crippen LogP contribution in [0.5, 0.6) is 0 Å². The van der Waals surface area contributed by atoms with E-state index in [0.717, 1.165) is 12.5 Å². The maximum absolute atomic E-state index is 5.21. The Labute approximate surface area is 88.4 Å². The molecule has 0 aliphatic heterocycles. The highest BCUT2D eigenvalue weighted by atomic mass is 16.5. The van der Waals surface area contributed by atoms with Gasteiger partial charge in [0.15, 0.2) is 0 Å². The summed E-state index contributed by atoms with van der Waals surface area (Å²) in [7, 11) is 1.79. The highest BCUT2D eigenvalue weighted by Gasteiger charge is 2.16. The van der Waals surface area contributed by atoms with Gasteiger partial charge in [-0.05, 0) is 31.7 Å². The molecule has 1 aliphatic carbocycles. The molecule has 84 valence electrons. The lowest BCUT2D eigenvalue weighted by Gasteiger charge is -2.19. The smallest absolute Gasteiger partial charge is 0.0615 e. The molecule has 1 saturated carbocycles. The fraction of sp³-hybridized carbons (Fsp3) is 1.00. The third-order valence-electron chi connectivity index (χ3n) is 3.17. The standard InChI is InChI=1S/C12H25NO/c1-3-6-12(10-14-2)13-9-11-7-4-5-8-11/h11-13H,3-10H2,1-2H3. The molecule has 0 heterocycles. The number of hydrogen-bond acceptors (Lipinski definition) is 2. The van der Waals surface area contributed by atoms with Crippen molar-refractivity contribution in [2.24, 2.45) is 5.92 Å². The van der Waals surface area contributed by atoms with Crippen molar-refractivity contribution in [1.82, 2.24) is 5.32 Å².